The zero-order chi connectivity index (χ0) is 21.1. The van der Waals surface area contributed by atoms with Gasteiger partial charge in [0.25, 0.3) is 5.91 Å². The molecule has 2 aromatic carbocycles. The van der Waals surface area contributed by atoms with Crippen LogP contribution in [0.3, 0.4) is 0 Å². The fourth-order valence-corrected chi connectivity index (χ4v) is 3.99. The molecule has 0 aliphatic heterocycles. The molecule has 9 heteroatoms. The first-order valence-corrected chi connectivity index (χ1v) is 10.3. The van der Waals surface area contributed by atoms with Gasteiger partial charge in [0.05, 0.1) is 17.3 Å². The fourth-order valence-electron chi connectivity index (χ4n) is 2.97. The van der Waals surface area contributed by atoms with Gasteiger partial charge in [-0.1, -0.05) is 46.8 Å². The molecular formula is C22H23ClN4O3S. The molecule has 0 saturated carbocycles. The largest absolute Gasteiger partial charge is 0.497 e. The molecule has 0 saturated heterocycles. The number of hydrogen-bond donors (Lipinski definition) is 0. The smallest absolute Gasteiger partial charge is 0.282 e. The van der Waals surface area contributed by atoms with Crippen LogP contribution in [-0.2, 0) is 0 Å². The minimum Gasteiger partial charge on any atom is -0.497 e. The number of carbonyl (C=O) groups excluding carboxylic acids is 1. The van der Waals surface area contributed by atoms with Crippen LogP contribution >= 0.6 is 23.7 Å². The van der Waals surface area contributed by atoms with Crippen molar-refractivity contribution in [2.24, 2.45) is 0 Å². The van der Waals surface area contributed by atoms with Crippen molar-refractivity contribution in [1.82, 2.24) is 15.0 Å². The summed E-state index contributed by atoms with van der Waals surface area (Å²) in [4.78, 5) is 21.7. The second-order valence-electron chi connectivity index (χ2n) is 7.03. The summed E-state index contributed by atoms with van der Waals surface area (Å²) in [6.45, 7) is 1.17. The SMILES string of the molecule is COc1ccc2nc(N(CCN(C)C)C(=O)c3cc(-c4ccccc4)on3)sc2c1.Cl. The molecule has 0 unspecified atom stereocenters. The zero-order valence-electron chi connectivity index (χ0n) is 17.4. The van der Waals surface area contributed by atoms with Crippen LogP contribution in [-0.4, -0.2) is 55.2 Å². The van der Waals surface area contributed by atoms with Crippen LogP contribution in [0.25, 0.3) is 21.5 Å². The Kier molecular flexibility index (Phi) is 7.27. The van der Waals surface area contributed by atoms with Crippen LogP contribution in [0.4, 0.5) is 5.13 Å². The molecule has 0 atom stereocenters. The third-order valence-corrected chi connectivity index (χ3v) is 5.66. The molecule has 0 radical (unpaired) electrons. The lowest BCUT2D eigenvalue weighted by Gasteiger charge is -2.20. The first-order chi connectivity index (χ1) is 14.5. The van der Waals surface area contributed by atoms with Gasteiger partial charge in [0.2, 0.25) is 0 Å². The second-order valence-corrected chi connectivity index (χ2v) is 8.04. The van der Waals surface area contributed by atoms with Crippen LogP contribution in [0.1, 0.15) is 10.5 Å². The Hall–Kier alpha value is -2.94. The van der Waals surface area contributed by atoms with Gasteiger partial charge in [0, 0.05) is 24.7 Å². The van der Waals surface area contributed by atoms with E-state index in [2.05, 4.69) is 10.1 Å². The van der Waals surface area contributed by atoms with Gasteiger partial charge in [-0.3, -0.25) is 9.69 Å². The maximum Gasteiger partial charge on any atom is 0.282 e. The van der Waals surface area contributed by atoms with E-state index < -0.39 is 0 Å². The molecule has 0 spiro atoms. The summed E-state index contributed by atoms with van der Waals surface area (Å²) in [5.41, 5.74) is 1.95. The van der Waals surface area contributed by atoms with E-state index in [9.17, 15) is 4.79 Å². The van der Waals surface area contributed by atoms with Crippen LogP contribution < -0.4 is 9.64 Å². The number of anilines is 1. The number of likely N-dealkylation sites (N-methyl/N-ethyl adjacent to an activating group) is 1. The molecule has 162 valence electrons. The number of carbonyl (C=O) groups is 1. The Balaban J connectivity index is 0.00000272. The van der Waals surface area contributed by atoms with Crippen LogP contribution in [0.5, 0.6) is 5.75 Å². The molecule has 0 bridgehead atoms. The standard InChI is InChI=1S/C22H22N4O3S.ClH/c1-25(2)11-12-26(22-23-17-10-9-16(28-3)13-20(17)30-22)21(27)18-14-19(29-24-18)15-7-5-4-6-8-15;/h4-10,13-14H,11-12H2,1-3H3;1H. The van der Waals surface area contributed by atoms with Crippen molar-refractivity contribution in [3.05, 3.63) is 60.3 Å². The number of halogens is 1. The van der Waals surface area contributed by atoms with E-state index in [0.717, 1.165) is 21.5 Å². The van der Waals surface area contributed by atoms with E-state index >= 15 is 0 Å². The van der Waals surface area contributed by atoms with Crippen LogP contribution in [0.15, 0.2) is 59.1 Å². The van der Waals surface area contributed by atoms with Gasteiger partial charge < -0.3 is 14.2 Å². The summed E-state index contributed by atoms with van der Waals surface area (Å²) >= 11 is 1.45. The van der Waals surface area contributed by atoms with Crippen molar-refractivity contribution in [3.63, 3.8) is 0 Å². The number of rotatable bonds is 7. The fraction of sp³-hybridized carbons (Fsp3) is 0.227. The molecular weight excluding hydrogens is 436 g/mol. The Morgan fingerprint density at radius 2 is 1.87 bits per heavy atom. The number of methoxy groups -OCH3 is 1. The predicted octanol–water partition coefficient (Wildman–Crippen LogP) is 4.59. The first kappa shape index (κ1) is 22.7. The molecule has 0 N–H and O–H groups in total. The Morgan fingerprint density at radius 3 is 2.58 bits per heavy atom. The summed E-state index contributed by atoms with van der Waals surface area (Å²) in [6, 6.07) is 17.0. The number of fused-ring (bicyclic) bond motifs is 1. The highest BCUT2D eigenvalue weighted by molar-refractivity contribution is 7.22. The van der Waals surface area contributed by atoms with E-state index in [1.807, 2.05) is 67.5 Å². The lowest BCUT2D eigenvalue weighted by Crippen LogP contribution is -2.36. The van der Waals surface area contributed by atoms with Gasteiger partial charge in [-0.2, -0.15) is 0 Å². The second kappa shape index (κ2) is 9.91. The van der Waals surface area contributed by atoms with Crippen molar-refractivity contribution in [3.8, 4) is 17.1 Å². The highest BCUT2D eigenvalue weighted by atomic mass is 35.5. The number of benzene rings is 2. The number of ether oxygens (including phenoxy) is 1. The van der Waals surface area contributed by atoms with Crippen molar-refractivity contribution in [2.75, 3.05) is 39.2 Å². The number of aromatic nitrogens is 2. The maximum atomic E-state index is 13.3. The molecule has 4 aromatic rings. The van der Waals surface area contributed by atoms with Crippen LogP contribution in [0.2, 0.25) is 0 Å². The zero-order valence-corrected chi connectivity index (χ0v) is 19.1. The minimum atomic E-state index is -0.242. The number of hydrogen-bond acceptors (Lipinski definition) is 7. The Labute approximate surface area is 190 Å². The van der Waals surface area contributed by atoms with Crippen LogP contribution in [0, 0.1) is 0 Å². The quantitative estimate of drug-likeness (QED) is 0.403. The molecule has 2 aromatic heterocycles. The summed E-state index contributed by atoms with van der Waals surface area (Å²) in [6.07, 6.45) is 0. The molecule has 0 fully saturated rings. The topological polar surface area (TPSA) is 71.7 Å². The Bertz CT molecular complexity index is 1160. The van der Waals surface area contributed by atoms with Gasteiger partial charge in [-0.25, -0.2) is 4.98 Å². The monoisotopic (exact) mass is 458 g/mol. The third-order valence-electron chi connectivity index (χ3n) is 4.62. The van der Waals surface area contributed by atoms with Crippen molar-refractivity contribution in [1.29, 1.82) is 0 Å². The van der Waals surface area contributed by atoms with Gasteiger partial charge in [0.1, 0.15) is 5.75 Å². The summed E-state index contributed by atoms with van der Waals surface area (Å²) in [5.74, 6) is 1.07. The third kappa shape index (κ3) is 5.04. The minimum absolute atomic E-state index is 0. The molecule has 2 heterocycles. The summed E-state index contributed by atoms with van der Waals surface area (Å²) < 4.78 is 11.7. The first-order valence-electron chi connectivity index (χ1n) is 9.48. The molecule has 4 rings (SSSR count). The van der Waals surface area contributed by atoms with E-state index in [1.54, 1.807) is 18.1 Å². The number of thiazole rings is 1. The Morgan fingerprint density at radius 1 is 1.10 bits per heavy atom. The lowest BCUT2D eigenvalue weighted by molar-refractivity contribution is 0.0976. The van der Waals surface area contributed by atoms with Gasteiger partial charge in [-0.15, -0.1) is 12.4 Å². The van der Waals surface area contributed by atoms with E-state index in [1.165, 1.54) is 11.3 Å². The van der Waals surface area contributed by atoms with E-state index in [-0.39, 0.29) is 24.0 Å². The highest BCUT2D eigenvalue weighted by Gasteiger charge is 2.25. The molecule has 1 amide bonds. The maximum absolute atomic E-state index is 13.3. The summed E-state index contributed by atoms with van der Waals surface area (Å²) in [7, 11) is 5.57. The normalized spacial score (nSPS) is 10.8. The highest BCUT2D eigenvalue weighted by Crippen LogP contribution is 2.32. The summed E-state index contributed by atoms with van der Waals surface area (Å²) in [5, 5.41) is 4.64. The van der Waals surface area contributed by atoms with Gasteiger partial charge in [-0.05, 0) is 32.3 Å². The van der Waals surface area contributed by atoms with Crippen molar-refractivity contribution < 1.29 is 14.1 Å². The van der Waals surface area contributed by atoms with Crippen molar-refractivity contribution in [2.45, 2.75) is 0 Å². The van der Waals surface area contributed by atoms with Crippen molar-refractivity contribution >= 4 is 45.0 Å². The molecule has 31 heavy (non-hydrogen) atoms. The average Bonchev–Trinajstić information content (AvgIpc) is 3.41. The predicted molar refractivity (Wildman–Crippen MR) is 126 cm³/mol. The van der Waals surface area contributed by atoms with Gasteiger partial charge in [0.15, 0.2) is 16.6 Å². The van der Waals surface area contributed by atoms with E-state index in [0.29, 0.717) is 24.0 Å². The van der Waals surface area contributed by atoms with Gasteiger partial charge >= 0.3 is 0 Å². The molecule has 0 aliphatic carbocycles. The lowest BCUT2D eigenvalue weighted by atomic mass is 10.1. The molecule has 0 aliphatic rings. The average molecular weight is 459 g/mol. The van der Waals surface area contributed by atoms with E-state index in [4.69, 9.17) is 9.26 Å². The number of nitrogens with zero attached hydrogens (tertiary/aromatic N) is 4. The number of amides is 1. The molecule has 7 nitrogen and oxygen atoms in total.